The number of rotatable bonds is 2. The summed E-state index contributed by atoms with van der Waals surface area (Å²) in [6, 6.07) is 8.95. The summed E-state index contributed by atoms with van der Waals surface area (Å²) in [5, 5.41) is 3.50. The van der Waals surface area contributed by atoms with Crippen molar-refractivity contribution in [2.75, 3.05) is 18.0 Å². The lowest BCUT2D eigenvalue weighted by Crippen LogP contribution is -2.38. The predicted octanol–water partition coefficient (Wildman–Crippen LogP) is 2.47. The molecule has 2 rings (SSSR count). The van der Waals surface area contributed by atoms with E-state index in [9.17, 15) is 4.79 Å². The Bertz CT molecular complexity index is 430. The Morgan fingerprint density at radius 2 is 2.17 bits per heavy atom. The summed E-state index contributed by atoms with van der Waals surface area (Å²) in [4.78, 5) is 13.9. The number of ketones is 1. The van der Waals surface area contributed by atoms with Crippen molar-refractivity contribution in [2.45, 2.75) is 39.3 Å². The summed E-state index contributed by atoms with van der Waals surface area (Å²) in [5.41, 5.74) is 1.95. The molecule has 0 aliphatic carbocycles. The fraction of sp³-hybridized carbons (Fsp3) is 0.533. The van der Waals surface area contributed by atoms with Gasteiger partial charge in [0.2, 0.25) is 0 Å². The molecule has 0 aromatic heterocycles. The molecule has 0 bridgehead atoms. The number of carbonyl (C=O) groups is 1. The first kappa shape index (κ1) is 13.1. The average molecular weight is 246 g/mol. The van der Waals surface area contributed by atoms with Gasteiger partial charge in [-0.3, -0.25) is 4.79 Å². The molecule has 2 unspecified atom stereocenters. The van der Waals surface area contributed by atoms with E-state index in [1.54, 1.807) is 6.92 Å². The standard InChI is InChI=1S/C15H22N2O/c1-11-10-17(12(2)7-8-16-11)15-6-4-5-14(9-15)13(3)18/h4-6,9,11-12,16H,7-8,10H2,1-3H3. The Morgan fingerprint density at radius 3 is 2.89 bits per heavy atom. The van der Waals surface area contributed by atoms with Gasteiger partial charge in [0.15, 0.2) is 5.78 Å². The van der Waals surface area contributed by atoms with Crippen molar-refractivity contribution in [1.29, 1.82) is 0 Å². The maximum Gasteiger partial charge on any atom is 0.159 e. The van der Waals surface area contributed by atoms with Crippen LogP contribution in [0.5, 0.6) is 0 Å². The zero-order chi connectivity index (χ0) is 13.1. The molecule has 2 atom stereocenters. The highest BCUT2D eigenvalue weighted by atomic mass is 16.1. The smallest absolute Gasteiger partial charge is 0.159 e. The number of benzene rings is 1. The molecule has 1 N–H and O–H groups in total. The highest BCUT2D eigenvalue weighted by Gasteiger charge is 2.20. The van der Waals surface area contributed by atoms with Crippen LogP contribution in [0, 0.1) is 0 Å². The summed E-state index contributed by atoms with van der Waals surface area (Å²) in [6.45, 7) is 8.13. The van der Waals surface area contributed by atoms with Gasteiger partial charge in [-0.2, -0.15) is 0 Å². The van der Waals surface area contributed by atoms with Gasteiger partial charge in [0.05, 0.1) is 0 Å². The van der Waals surface area contributed by atoms with Crippen LogP contribution >= 0.6 is 0 Å². The minimum atomic E-state index is 0.130. The summed E-state index contributed by atoms with van der Waals surface area (Å²) in [5.74, 6) is 0.130. The van der Waals surface area contributed by atoms with Gasteiger partial charge in [0.25, 0.3) is 0 Å². The minimum absolute atomic E-state index is 0.130. The van der Waals surface area contributed by atoms with E-state index in [4.69, 9.17) is 0 Å². The molecule has 1 aliphatic heterocycles. The van der Waals surface area contributed by atoms with E-state index < -0.39 is 0 Å². The van der Waals surface area contributed by atoms with Gasteiger partial charge in [0.1, 0.15) is 0 Å². The second-order valence-electron chi connectivity index (χ2n) is 5.25. The Labute approximate surface area is 109 Å². The predicted molar refractivity (Wildman–Crippen MR) is 75.3 cm³/mol. The Hall–Kier alpha value is -1.35. The highest BCUT2D eigenvalue weighted by Crippen LogP contribution is 2.22. The van der Waals surface area contributed by atoms with Crippen LogP contribution in [0.3, 0.4) is 0 Å². The van der Waals surface area contributed by atoms with E-state index in [1.807, 2.05) is 18.2 Å². The van der Waals surface area contributed by atoms with Gasteiger partial charge in [0, 0.05) is 29.9 Å². The molecule has 0 saturated carbocycles. The number of Topliss-reactive ketones (excluding diaryl/α,β-unsaturated/α-hetero) is 1. The third-order valence-corrected chi connectivity index (χ3v) is 3.64. The van der Waals surface area contributed by atoms with Crippen molar-refractivity contribution in [2.24, 2.45) is 0 Å². The van der Waals surface area contributed by atoms with Gasteiger partial charge >= 0.3 is 0 Å². The molecule has 3 nitrogen and oxygen atoms in total. The first-order chi connectivity index (χ1) is 8.58. The second-order valence-corrected chi connectivity index (χ2v) is 5.25. The van der Waals surface area contributed by atoms with Crippen molar-refractivity contribution < 1.29 is 4.79 Å². The molecular formula is C15H22N2O. The Morgan fingerprint density at radius 1 is 1.39 bits per heavy atom. The number of hydrogen-bond donors (Lipinski definition) is 1. The van der Waals surface area contributed by atoms with Gasteiger partial charge in [-0.1, -0.05) is 12.1 Å². The molecule has 1 heterocycles. The van der Waals surface area contributed by atoms with E-state index in [0.29, 0.717) is 12.1 Å². The molecule has 98 valence electrons. The van der Waals surface area contributed by atoms with Crippen molar-refractivity contribution in [3.05, 3.63) is 29.8 Å². The Kier molecular flexibility index (Phi) is 4.02. The second kappa shape index (κ2) is 5.53. The maximum atomic E-state index is 11.5. The van der Waals surface area contributed by atoms with Gasteiger partial charge in [-0.05, 0) is 45.9 Å². The number of hydrogen-bond acceptors (Lipinski definition) is 3. The lowest BCUT2D eigenvalue weighted by molar-refractivity contribution is 0.101. The summed E-state index contributed by atoms with van der Waals surface area (Å²) >= 11 is 0. The zero-order valence-corrected chi connectivity index (χ0v) is 11.4. The van der Waals surface area contributed by atoms with Crippen LogP contribution in [0.15, 0.2) is 24.3 Å². The minimum Gasteiger partial charge on any atom is -0.367 e. The van der Waals surface area contributed by atoms with E-state index in [-0.39, 0.29) is 5.78 Å². The molecule has 0 spiro atoms. The number of carbonyl (C=O) groups excluding carboxylic acids is 1. The van der Waals surface area contributed by atoms with Crippen LogP contribution in [-0.2, 0) is 0 Å². The molecule has 1 fully saturated rings. The number of nitrogens with zero attached hydrogens (tertiary/aromatic N) is 1. The normalized spacial score (nSPS) is 24.7. The van der Waals surface area contributed by atoms with Gasteiger partial charge in [-0.25, -0.2) is 0 Å². The van der Waals surface area contributed by atoms with Crippen molar-refractivity contribution >= 4 is 11.5 Å². The third-order valence-electron chi connectivity index (χ3n) is 3.64. The molecule has 0 amide bonds. The summed E-state index contributed by atoms with van der Waals surface area (Å²) in [7, 11) is 0. The third kappa shape index (κ3) is 2.91. The molecule has 1 saturated heterocycles. The monoisotopic (exact) mass is 246 g/mol. The quantitative estimate of drug-likeness (QED) is 0.814. The maximum absolute atomic E-state index is 11.5. The van der Waals surface area contributed by atoms with Gasteiger partial charge < -0.3 is 10.2 Å². The Balaban J connectivity index is 2.27. The van der Waals surface area contributed by atoms with Crippen LogP contribution in [0.4, 0.5) is 5.69 Å². The van der Waals surface area contributed by atoms with Crippen molar-refractivity contribution in [3.8, 4) is 0 Å². The molecule has 18 heavy (non-hydrogen) atoms. The summed E-state index contributed by atoms with van der Waals surface area (Å²) < 4.78 is 0. The van der Waals surface area contributed by atoms with Crippen LogP contribution in [0.25, 0.3) is 0 Å². The molecule has 1 aromatic rings. The van der Waals surface area contributed by atoms with Crippen molar-refractivity contribution in [3.63, 3.8) is 0 Å². The van der Waals surface area contributed by atoms with Crippen molar-refractivity contribution in [1.82, 2.24) is 5.32 Å². The average Bonchev–Trinajstić information content (AvgIpc) is 2.51. The zero-order valence-electron chi connectivity index (χ0n) is 11.4. The van der Waals surface area contributed by atoms with E-state index >= 15 is 0 Å². The largest absolute Gasteiger partial charge is 0.367 e. The van der Waals surface area contributed by atoms with Crippen LogP contribution < -0.4 is 10.2 Å². The lowest BCUT2D eigenvalue weighted by Gasteiger charge is -2.30. The first-order valence-corrected chi connectivity index (χ1v) is 6.69. The van der Waals surface area contributed by atoms with E-state index in [1.165, 1.54) is 0 Å². The van der Waals surface area contributed by atoms with Gasteiger partial charge in [-0.15, -0.1) is 0 Å². The molecular weight excluding hydrogens is 224 g/mol. The van der Waals surface area contributed by atoms with Crippen LogP contribution in [-0.4, -0.2) is 31.0 Å². The van der Waals surface area contributed by atoms with E-state index in [2.05, 4.69) is 30.1 Å². The number of nitrogens with one attached hydrogen (secondary N) is 1. The molecule has 1 aromatic carbocycles. The fourth-order valence-electron chi connectivity index (χ4n) is 2.50. The summed E-state index contributed by atoms with van der Waals surface area (Å²) in [6.07, 6.45) is 1.13. The van der Waals surface area contributed by atoms with Crippen LogP contribution in [0.1, 0.15) is 37.6 Å². The SMILES string of the molecule is CC(=O)c1cccc(N2CC(C)NCCC2C)c1. The topological polar surface area (TPSA) is 32.3 Å². The molecule has 3 heteroatoms. The highest BCUT2D eigenvalue weighted by molar-refractivity contribution is 5.95. The number of anilines is 1. The molecule has 1 aliphatic rings. The lowest BCUT2D eigenvalue weighted by atomic mass is 10.1. The van der Waals surface area contributed by atoms with E-state index in [0.717, 1.165) is 30.8 Å². The first-order valence-electron chi connectivity index (χ1n) is 6.69. The fourth-order valence-corrected chi connectivity index (χ4v) is 2.50. The molecule has 0 radical (unpaired) electrons. The van der Waals surface area contributed by atoms with Crippen LogP contribution in [0.2, 0.25) is 0 Å².